The number of aliphatic hydroxyl groups excluding tert-OH is 1. The lowest BCUT2D eigenvalue weighted by Gasteiger charge is -1.79. The minimum atomic E-state index is -0.472. The second-order valence-corrected chi connectivity index (χ2v) is 1.38. The lowest BCUT2D eigenvalue weighted by molar-refractivity contribution is 0.286. The van der Waals surface area contributed by atoms with E-state index in [1.54, 1.807) is 6.92 Å². The second-order valence-electron chi connectivity index (χ2n) is 0.632. The van der Waals surface area contributed by atoms with Crippen molar-refractivity contribution in [1.29, 1.82) is 0 Å². The van der Waals surface area contributed by atoms with Crippen LogP contribution in [0.2, 0.25) is 0 Å². The first-order valence-corrected chi connectivity index (χ1v) is 1.61. The molecule has 0 spiro atoms. The molecule has 0 rings (SSSR count). The van der Waals surface area contributed by atoms with Crippen LogP contribution in [0, 0.1) is 0 Å². The van der Waals surface area contributed by atoms with E-state index in [0.29, 0.717) is 0 Å². The molecule has 2 nitrogen and oxygen atoms in total. The van der Waals surface area contributed by atoms with Gasteiger partial charge in [0.1, 0.15) is 0 Å². The Hall–Kier alpha value is 0.560. The molecule has 0 aromatic heterocycles. The minimum Gasteiger partial charge on any atom is -0.383 e. The first kappa shape index (κ1) is 16.0. The fourth-order valence-electron chi connectivity index (χ4n) is 0. The summed E-state index contributed by atoms with van der Waals surface area (Å²) in [7, 11) is 0. The zero-order chi connectivity index (χ0) is 3.58. The summed E-state index contributed by atoms with van der Waals surface area (Å²) < 4.78 is 0. The first-order chi connectivity index (χ1) is 1.73. The summed E-state index contributed by atoms with van der Waals surface area (Å²) in [4.78, 5) is 0. The molecule has 0 radical (unpaired) electrons. The van der Waals surface area contributed by atoms with Crippen molar-refractivity contribution in [1.82, 2.24) is 6.15 Å². The van der Waals surface area contributed by atoms with Crippen molar-refractivity contribution in [2.24, 2.45) is 0 Å². The molecule has 0 amide bonds. The fraction of sp³-hybridized carbons (Fsp3) is 1.00. The third kappa shape index (κ3) is 184. The lowest BCUT2D eigenvalue weighted by atomic mass is 10.9. The van der Waals surface area contributed by atoms with E-state index in [9.17, 15) is 0 Å². The standard InChI is InChI=1S/C2H6OS.ClH.H3N/c1-2(3)4;;/h2-4H,1H3;1H;1H3. The predicted molar refractivity (Wildman–Crippen MR) is 32.9 cm³/mol. The lowest BCUT2D eigenvalue weighted by Crippen LogP contribution is -1.79. The van der Waals surface area contributed by atoms with E-state index in [0.717, 1.165) is 0 Å². The SMILES string of the molecule is CC(O)S.Cl.N. The van der Waals surface area contributed by atoms with Crippen LogP contribution in [-0.4, -0.2) is 10.5 Å². The van der Waals surface area contributed by atoms with E-state index in [1.807, 2.05) is 0 Å². The van der Waals surface area contributed by atoms with Crippen LogP contribution in [-0.2, 0) is 0 Å². The molecule has 0 fully saturated rings. The van der Waals surface area contributed by atoms with Crippen molar-refractivity contribution in [3.63, 3.8) is 0 Å². The summed E-state index contributed by atoms with van der Waals surface area (Å²) in [5, 5.41) is 7.92. The third-order valence-corrected chi connectivity index (χ3v) is 0. The zero-order valence-corrected chi connectivity index (χ0v) is 5.30. The summed E-state index contributed by atoms with van der Waals surface area (Å²) in [5.74, 6) is 0. The highest BCUT2D eigenvalue weighted by molar-refractivity contribution is 7.80. The highest BCUT2D eigenvalue weighted by Gasteiger charge is 1.70. The number of thiol groups is 1. The Morgan fingerprint density at radius 3 is 1.67 bits per heavy atom. The molecule has 0 aliphatic rings. The summed E-state index contributed by atoms with van der Waals surface area (Å²) in [6.07, 6.45) is 0. The maximum Gasteiger partial charge on any atom is 0.0936 e. The third-order valence-electron chi connectivity index (χ3n) is 0. The molecule has 4 heteroatoms. The van der Waals surface area contributed by atoms with Crippen LogP contribution in [0.4, 0.5) is 0 Å². The van der Waals surface area contributed by atoms with Gasteiger partial charge in [0, 0.05) is 0 Å². The molecule has 0 aliphatic carbocycles. The van der Waals surface area contributed by atoms with Gasteiger partial charge in [-0.2, -0.15) is 0 Å². The summed E-state index contributed by atoms with van der Waals surface area (Å²) in [6.45, 7) is 1.59. The monoisotopic (exact) mass is 131 g/mol. The molecular weight excluding hydrogens is 122 g/mol. The first-order valence-electron chi connectivity index (χ1n) is 1.09. The molecule has 4 N–H and O–H groups in total. The molecule has 0 aromatic rings. The number of rotatable bonds is 0. The highest BCUT2D eigenvalue weighted by Crippen LogP contribution is 1.78. The van der Waals surface area contributed by atoms with E-state index in [2.05, 4.69) is 12.6 Å². The Labute approximate surface area is 49.3 Å². The Kier molecular flexibility index (Phi) is 24.3. The van der Waals surface area contributed by atoms with Crippen LogP contribution in [0.25, 0.3) is 0 Å². The normalized spacial score (nSPS) is 10.5. The maximum absolute atomic E-state index is 7.92. The minimum absolute atomic E-state index is 0. The maximum atomic E-state index is 7.92. The molecule has 42 valence electrons. The van der Waals surface area contributed by atoms with Crippen molar-refractivity contribution in [3.8, 4) is 0 Å². The van der Waals surface area contributed by atoms with E-state index in [4.69, 9.17) is 5.11 Å². The molecule has 0 aliphatic heterocycles. The molecule has 0 aromatic carbocycles. The number of hydrogen-bond acceptors (Lipinski definition) is 3. The van der Waals surface area contributed by atoms with Crippen molar-refractivity contribution in [2.75, 3.05) is 0 Å². The smallest absolute Gasteiger partial charge is 0.0936 e. The van der Waals surface area contributed by atoms with Gasteiger partial charge in [0.15, 0.2) is 0 Å². The van der Waals surface area contributed by atoms with Gasteiger partial charge in [-0.25, -0.2) is 0 Å². The van der Waals surface area contributed by atoms with Crippen LogP contribution in [0.15, 0.2) is 0 Å². The predicted octanol–water partition coefficient (Wildman–Crippen LogP) is 0.838. The van der Waals surface area contributed by atoms with Gasteiger partial charge in [0.05, 0.1) is 5.44 Å². The Morgan fingerprint density at radius 1 is 1.67 bits per heavy atom. The summed E-state index contributed by atoms with van der Waals surface area (Å²) in [6, 6.07) is 0. The van der Waals surface area contributed by atoms with Crippen molar-refractivity contribution >= 4 is 25.0 Å². The Morgan fingerprint density at radius 2 is 1.67 bits per heavy atom. The summed E-state index contributed by atoms with van der Waals surface area (Å²) in [5.41, 5.74) is -0.472. The van der Waals surface area contributed by atoms with Crippen LogP contribution in [0.3, 0.4) is 0 Å². The number of hydrogen-bond donors (Lipinski definition) is 3. The van der Waals surface area contributed by atoms with Gasteiger partial charge in [0.2, 0.25) is 0 Å². The van der Waals surface area contributed by atoms with E-state index in [1.165, 1.54) is 0 Å². The largest absolute Gasteiger partial charge is 0.383 e. The van der Waals surface area contributed by atoms with Gasteiger partial charge < -0.3 is 11.3 Å². The van der Waals surface area contributed by atoms with Gasteiger partial charge in [0.25, 0.3) is 0 Å². The molecule has 0 saturated heterocycles. The zero-order valence-electron chi connectivity index (χ0n) is 3.59. The van der Waals surface area contributed by atoms with Crippen molar-refractivity contribution in [3.05, 3.63) is 0 Å². The highest BCUT2D eigenvalue weighted by atomic mass is 35.5. The topological polar surface area (TPSA) is 55.2 Å². The van der Waals surface area contributed by atoms with Gasteiger partial charge in [-0.15, -0.1) is 25.0 Å². The van der Waals surface area contributed by atoms with Crippen LogP contribution < -0.4 is 6.15 Å². The molecule has 1 atom stereocenters. The van der Waals surface area contributed by atoms with Gasteiger partial charge in [-0.3, -0.25) is 0 Å². The van der Waals surface area contributed by atoms with E-state index >= 15 is 0 Å². The van der Waals surface area contributed by atoms with E-state index < -0.39 is 5.44 Å². The second kappa shape index (κ2) is 9.12. The molecule has 0 saturated carbocycles. The number of halogens is 1. The Balaban J connectivity index is -0.0000000450. The van der Waals surface area contributed by atoms with Crippen molar-refractivity contribution in [2.45, 2.75) is 12.4 Å². The van der Waals surface area contributed by atoms with Crippen LogP contribution in [0.5, 0.6) is 0 Å². The average molecular weight is 132 g/mol. The van der Waals surface area contributed by atoms with Crippen LogP contribution >= 0.6 is 25.0 Å². The molecule has 6 heavy (non-hydrogen) atoms. The average Bonchev–Trinajstić information content (AvgIpc) is 0.811. The van der Waals surface area contributed by atoms with Crippen molar-refractivity contribution < 1.29 is 5.11 Å². The molecule has 1 unspecified atom stereocenters. The van der Waals surface area contributed by atoms with Gasteiger partial charge >= 0.3 is 0 Å². The molecule has 0 bridgehead atoms. The van der Waals surface area contributed by atoms with Crippen LogP contribution in [0.1, 0.15) is 6.92 Å². The molecular formula is C2H10ClNOS. The van der Waals surface area contributed by atoms with Gasteiger partial charge in [-0.1, -0.05) is 0 Å². The molecule has 0 heterocycles. The summed E-state index contributed by atoms with van der Waals surface area (Å²) >= 11 is 3.52. The van der Waals surface area contributed by atoms with Gasteiger partial charge in [-0.05, 0) is 6.92 Å². The number of aliphatic hydroxyl groups is 1. The fourth-order valence-corrected chi connectivity index (χ4v) is 0. The quantitative estimate of drug-likeness (QED) is 0.337. The Bertz CT molecular complexity index is 18.3. The van der Waals surface area contributed by atoms with E-state index in [-0.39, 0.29) is 18.6 Å².